The van der Waals surface area contributed by atoms with E-state index < -0.39 is 0 Å². The third-order valence-corrected chi connectivity index (χ3v) is 4.11. The summed E-state index contributed by atoms with van der Waals surface area (Å²) in [5.74, 6) is 2.46. The second-order valence-corrected chi connectivity index (χ2v) is 6.39. The monoisotopic (exact) mass is 305 g/mol. The number of methoxy groups -OCH3 is 2. The molecule has 0 aliphatic carbocycles. The highest BCUT2D eigenvalue weighted by Gasteiger charge is 2.30. The highest BCUT2D eigenvalue weighted by molar-refractivity contribution is 5.80. The lowest BCUT2D eigenvalue weighted by atomic mass is 9.93. The van der Waals surface area contributed by atoms with Crippen LogP contribution in [0.2, 0.25) is 0 Å². The molecule has 0 atom stereocenters. The predicted octanol–water partition coefficient (Wildman–Crippen LogP) is 2.51. The molecule has 22 heavy (non-hydrogen) atoms. The van der Waals surface area contributed by atoms with Crippen LogP contribution in [0.5, 0.6) is 11.5 Å². The molecular formula is C17H27N3O2. The Morgan fingerprint density at radius 3 is 2.64 bits per heavy atom. The van der Waals surface area contributed by atoms with E-state index in [1.165, 1.54) is 6.42 Å². The number of para-hydroxylation sites is 1. The maximum absolute atomic E-state index is 5.47. The van der Waals surface area contributed by atoms with Gasteiger partial charge in [0.05, 0.1) is 14.2 Å². The van der Waals surface area contributed by atoms with Gasteiger partial charge in [-0.2, -0.15) is 0 Å². The fraction of sp³-hybridized carbons (Fsp3) is 0.588. The number of benzene rings is 1. The van der Waals surface area contributed by atoms with Gasteiger partial charge < -0.3 is 19.7 Å². The van der Waals surface area contributed by atoms with Crippen LogP contribution in [0, 0.1) is 5.41 Å². The first-order valence-electron chi connectivity index (χ1n) is 7.66. The molecule has 2 rings (SSSR count). The molecule has 0 bridgehead atoms. The molecule has 1 fully saturated rings. The summed E-state index contributed by atoms with van der Waals surface area (Å²) in [6, 6.07) is 5.91. The number of aliphatic imine (C=N–C) groups is 1. The predicted molar refractivity (Wildman–Crippen MR) is 89.7 cm³/mol. The van der Waals surface area contributed by atoms with E-state index in [1.807, 2.05) is 25.2 Å². The lowest BCUT2D eigenvalue weighted by Crippen LogP contribution is -2.40. The minimum atomic E-state index is 0.352. The van der Waals surface area contributed by atoms with Gasteiger partial charge in [0.25, 0.3) is 0 Å². The Balaban J connectivity index is 2.06. The third kappa shape index (κ3) is 3.64. The fourth-order valence-electron chi connectivity index (χ4n) is 2.89. The number of ether oxygens (including phenoxy) is 2. The summed E-state index contributed by atoms with van der Waals surface area (Å²) < 4.78 is 10.8. The minimum absolute atomic E-state index is 0.352. The Kier molecular flexibility index (Phi) is 5.16. The molecule has 5 nitrogen and oxygen atoms in total. The van der Waals surface area contributed by atoms with Crippen LogP contribution in [0.25, 0.3) is 0 Å². The lowest BCUT2D eigenvalue weighted by molar-refractivity contribution is 0.350. The summed E-state index contributed by atoms with van der Waals surface area (Å²) in [5.41, 5.74) is 1.41. The van der Waals surface area contributed by atoms with E-state index in [1.54, 1.807) is 14.2 Å². The molecule has 1 heterocycles. The first kappa shape index (κ1) is 16.5. The molecule has 0 radical (unpaired) electrons. The van der Waals surface area contributed by atoms with Crippen LogP contribution in [0.4, 0.5) is 0 Å². The molecule has 1 aromatic carbocycles. The van der Waals surface area contributed by atoms with Crippen molar-refractivity contribution in [1.29, 1.82) is 0 Å². The zero-order chi connectivity index (χ0) is 16.2. The van der Waals surface area contributed by atoms with Gasteiger partial charge in [-0.25, -0.2) is 0 Å². The number of rotatable bonds is 4. The van der Waals surface area contributed by atoms with E-state index in [9.17, 15) is 0 Å². The fourth-order valence-corrected chi connectivity index (χ4v) is 2.89. The van der Waals surface area contributed by atoms with E-state index >= 15 is 0 Å². The topological polar surface area (TPSA) is 46.1 Å². The molecule has 0 saturated carbocycles. The Bertz CT molecular complexity index is 541. The van der Waals surface area contributed by atoms with Gasteiger partial charge in [0, 0.05) is 32.2 Å². The molecule has 1 aromatic rings. The number of guanidine groups is 1. The van der Waals surface area contributed by atoms with E-state index in [2.05, 4.69) is 29.1 Å². The maximum atomic E-state index is 5.47. The molecule has 1 saturated heterocycles. The SMILES string of the molecule is CN=C(NCc1cccc(OC)c1OC)N1CCC(C)(C)C1. The van der Waals surface area contributed by atoms with E-state index in [-0.39, 0.29) is 0 Å². The van der Waals surface area contributed by atoms with Crippen molar-refractivity contribution in [2.45, 2.75) is 26.8 Å². The number of nitrogens with one attached hydrogen (secondary N) is 1. The van der Waals surface area contributed by atoms with Crippen molar-refractivity contribution in [2.75, 3.05) is 34.4 Å². The van der Waals surface area contributed by atoms with Gasteiger partial charge in [-0.15, -0.1) is 0 Å². The van der Waals surface area contributed by atoms with Crippen LogP contribution in [0.3, 0.4) is 0 Å². The van der Waals surface area contributed by atoms with Gasteiger partial charge in [-0.3, -0.25) is 4.99 Å². The summed E-state index contributed by atoms with van der Waals surface area (Å²) in [5, 5.41) is 3.43. The Labute approximate surface area is 133 Å². The first-order valence-corrected chi connectivity index (χ1v) is 7.66. The summed E-state index contributed by atoms with van der Waals surface area (Å²) in [4.78, 5) is 6.72. The molecule has 5 heteroatoms. The smallest absolute Gasteiger partial charge is 0.193 e. The van der Waals surface area contributed by atoms with Gasteiger partial charge >= 0.3 is 0 Å². The zero-order valence-electron chi connectivity index (χ0n) is 14.3. The van der Waals surface area contributed by atoms with Crippen molar-refractivity contribution in [3.8, 4) is 11.5 Å². The lowest BCUT2D eigenvalue weighted by Gasteiger charge is -2.24. The number of nitrogens with zero attached hydrogens (tertiary/aromatic N) is 2. The van der Waals surface area contributed by atoms with Crippen LogP contribution in [-0.4, -0.2) is 45.2 Å². The Hall–Kier alpha value is -1.91. The van der Waals surface area contributed by atoms with Gasteiger partial charge in [-0.05, 0) is 17.9 Å². The molecule has 0 spiro atoms. The number of likely N-dealkylation sites (tertiary alicyclic amines) is 1. The molecule has 0 aromatic heterocycles. The second kappa shape index (κ2) is 6.90. The van der Waals surface area contributed by atoms with Crippen LogP contribution in [0.15, 0.2) is 23.2 Å². The average Bonchev–Trinajstić information content (AvgIpc) is 2.87. The molecular weight excluding hydrogens is 278 g/mol. The third-order valence-electron chi connectivity index (χ3n) is 4.11. The summed E-state index contributed by atoms with van der Waals surface area (Å²) in [6.07, 6.45) is 1.19. The molecule has 1 N–H and O–H groups in total. The van der Waals surface area contributed by atoms with Gasteiger partial charge in [0.1, 0.15) is 0 Å². The summed E-state index contributed by atoms with van der Waals surface area (Å²) in [7, 11) is 5.15. The zero-order valence-corrected chi connectivity index (χ0v) is 14.3. The van der Waals surface area contributed by atoms with Crippen molar-refractivity contribution in [3.05, 3.63) is 23.8 Å². The minimum Gasteiger partial charge on any atom is -0.493 e. The van der Waals surface area contributed by atoms with Crippen molar-refractivity contribution < 1.29 is 9.47 Å². The molecule has 0 amide bonds. The molecule has 1 aliphatic heterocycles. The van der Waals surface area contributed by atoms with Crippen LogP contribution < -0.4 is 14.8 Å². The van der Waals surface area contributed by atoms with Gasteiger partial charge in [0.15, 0.2) is 17.5 Å². The quantitative estimate of drug-likeness (QED) is 0.686. The normalized spacial score (nSPS) is 17.5. The highest BCUT2D eigenvalue weighted by atomic mass is 16.5. The number of hydrogen-bond acceptors (Lipinski definition) is 3. The van der Waals surface area contributed by atoms with Crippen molar-refractivity contribution in [2.24, 2.45) is 10.4 Å². The standard InChI is InChI=1S/C17H27N3O2/c1-17(2)9-10-20(12-17)16(18-3)19-11-13-7-6-8-14(21-4)15(13)22-5/h6-8H,9-12H2,1-5H3,(H,18,19). The first-order chi connectivity index (χ1) is 10.5. The molecule has 0 unspecified atom stereocenters. The van der Waals surface area contributed by atoms with Crippen molar-refractivity contribution >= 4 is 5.96 Å². The second-order valence-electron chi connectivity index (χ2n) is 6.39. The van der Waals surface area contributed by atoms with Crippen molar-refractivity contribution in [3.63, 3.8) is 0 Å². The average molecular weight is 305 g/mol. The van der Waals surface area contributed by atoms with E-state index in [0.717, 1.165) is 36.1 Å². The molecule has 1 aliphatic rings. The number of hydrogen-bond donors (Lipinski definition) is 1. The van der Waals surface area contributed by atoms with Gasteiger partial charge in [-0.1, -0.05) is 26.0 Å². The van der Waals surface area contributed by atoms with Crippen LogP contribution in [0.1, 0.15) is 25.8 Å². The Morgan fingerprint density at radius 2 is 2.09 bits per heavy atom. The van der Waals surface area contributed by atoms with Crippen LogP contribution >= 0.6 is 0 Å². The Morgan fingerprint density at radius 1 is 1.32 bits per heavy atom. The summed E-state index contributed by atoms with van der Waals surface area (Å²) in [6.45, 7) is 7.32. The highest BCUT2D eigenvalue weighted by Crippen LogP contribution is 2.31. The van der Waals surface area contributed by atoms with E-state index in [4.69, 9.17) is 9.47 Å². The summed E-state index contributed by atoms with van der Waals surface area (Å²) >= 11 is 0. The van der Waals surface area contributed by atoms with E-state index in [0.29, 0.717) is 12.0 Å². The van der Waals surface area contributed by atoms with Gasteiger partial charge in [0.2, 0.25) is 0 Å². The maximum Gasteiger partial charge on any atom is 0.193 e. The van der Waals surface area contributed by atoms with Crippen LogP contribution in [-0.2, 0) is 6.54 Å². The molecule has 122 valence electrons. The largest absolute Gasteiger partial charge is 0.493 e. The van der Waals surface area contributed by atoms with Crippen molar-refractivity contribution in [1.82, 2.24) is 10.2 Å².